The van der Waals surface area contributed by atoms with E-state index in [9.17, 15) is 19.5 Å². The molecule has 1 atom stereocenters. The fraction of sp³-hybridized carbons (Fsp3) is 0.286. The Morgan fingerprint density at radius 2 is 1.82 bits per heavy atom. The maximum absolute atomic E-state index is 12.6. The highest BCUT2D eigenvalue weighted by Gasteiger charge is 2.28. The molecule has 1 aliphatic rings. The highest BCUT2D eigenvalue weighted by atomic mass is 16.4. The average molecular weight is 381 g/mol. The van der Waals surface area contributed by atoms with Crippen molar-refractivity contribution in [1.29, 1.82) is 0 Å². The molecule has 0 spiro atoms. The van der Waals surface area contributed by atoms with Gasteiger partial charge in [0.25, 0.3) is 5.91 Å². The van der Waals surface area contributed by atoms with Gasteiger partial charge in [-0.25, -0.2) is 4.79 Å². The summed E-state index contributed by atoms with van der Waals surface area (Å²) < 4.78 is 0. The molecule has 1 unspecified atom stereocenters. The van der Waals surface area contributed by atoms with Crippen LogP contribution in [0.4, 0.5) is 16.2 Å². The van der Waals surface area contributed by atoms with Crippen LogP contribution in [0, 0.1) is 12.8 Å². The van der Waals surface area contributed by atoms with E-state index in [1.54, 1.807) is 36.4 Å². The van der Waals surface area contributed by atoms with Crippen molar-refractivity contribution in [2.45, 2.75) is 19.8 Å². The molecule has 0 radical (unpaired) electrons. The van der Waals surface area contributed by atoms with Crippen molar-refractivity contribution in [2.24, 2.45) is 5.92 Å². The summed E-state index contributed by atoms with van der Waals surface area (Å²) in [6.45, 7) is 2.58. The van der Waals surface area contributed by atoms with Crippen molar-refractivity contribution in [3.63, 3.8) is 0 Å². The molecule has 1 aliphatic heterocycles. The van der Waals surface area contributed by atoms with Crippen LogP contribution in [0.3, 0.4) is 0 Å². The fourth-order valence-electron chi connectivity index (χ4n) is 3.18. The number of likely N-dealkylation sites (tertiary alicyclic amines) is 1. The first-order chi connectivity index (χ1) is 13.4. The van der Waals surface area contributed by atoms with Crippen LogP contribution in [-0.2, 0) is 4.79 Å². The number of carboxylic acids is 1. The Morgan fingerprint density at radius 3 is 2.54 bits per heavy atom. The van der Waals surface area contributed by atoms with E-state index in [1.807, 2.05) is 19.1 Å². The number of carbonyl (C=O) groups is 3. The van der Waals surface area contributed by atoms with Crippen molar-refractivity contribution in [1.82, 2.24) is 4.90 Å². The molecule has 0 saturated carbocycles. The van der Waals surface area contributed by atoms with Crippen LogP contribution >= 0.6 is 0 Å². The number of aliphatic carboxylic acids is 1. The monoisotopic (exact) mass is 381 g/mol. The van der Waals surface area contributed by atoms with Crippen LogP contribution in [-0.4, -0.2) is 41.0 Å². The number of nitrogens with one attached hydrogen (secondary N) is 2. The molecule has 3 N–H and O–H groups in total. The first-order valence-electron chi connectivity index (χ1n) is 9.20. The van der Waals surface area contributed by atoms with Gasteiger partial charge in [0, 0.05) is 30.0 Å². The second-order valence-electron chi connectivity index (χ2n) is 6.90. The van der Waals surface area contributed by atoms with E-state index in [2.05, 4.69) is 10.6 Å². The Hall–Kier alpha value is -3.35. The number of urea groups is 1. The summed E-state index contributed by atoms with van der Waals surface area (Å²) in [7, 11) is 0. The molecular formula is C21H23N3O4. The van der Waals surface area contributed by atoms with Gasteiger partial charge in [-0.1, -0.05) is 24.3 Å². The summed E-state index contributed by atoms with van der Waals surface area (Å²) in [6.07, 6.45) is 1.25. The SMILES string of the molecule is Cc1ccc(NC(=O)c2ccccc2)cc1NC(=O)N1CCCC(C(=O)O)C1. The molecule has 3 rings (SSSR count). The number of aryl methyl sites for hydroxylation is 1. The number of piperidine rings is 1. The molecule has 3 amide bonds. The highest BCUT2D eigenvalue weighted by molar-refractivity contribution is 6.04. The zero-order valence-corrected chi connectivity index (χ0v) is 15.6. The summed E-state index contributed by atoms with van der Waals surface area (Å²) in [6, 6.07) is 13.8. The lowest BCUT2D eigenvalue weighted by molar-refractivity contribution is -0.143. The molecule has 146 valence electrons. The summed E-state index contributed by atoms with van der Waals surface area (Å²) in [5, 5.41) is 14.8. The zero-order valence-electron chi connectivity index (χ0n) is 15.6. The van der Waals surface area contributed by atoms with Gasteiger partial charge < -0.3 is 20.6 Å². The Balaban J connectivity index is 1.68. The largest absolute Gasteiger partial charge is 0.481 e. The Labute approximate surface area is 163 Å². The molecule has 2 aromatic rings. The van der Waals surface area contributed by atoms with Crippen LogP contribution in [0.1, 0.15) is 28.8 Å². The number of hydrogen-bond acceptors (Lipinski definition) is 3. The fourth-order valence-corrected chi connectivity index (χ4v) is 3.18. The molecule has 0 aromatic heterocycles. The van der Waals surface area contributed by atoms with Crippen LogP contribution in [0.5, 0.6) is 0 Å². The standard InChI is InChI=1S/C21H23N3O4/c1-14-9-10-17(22-19(25)15-6-3-2-4-7-15)12-18(14)23-21(28)24-11-5-8-16(13-24)20(26)27/h2-4,6-7,9-10,12,16H,5,8,11,13H2,1H3,(H,22,25)(H,23,28)(H,26,27). The lowest BCUT2D eigenvalue weighted by Crippen LogP contribution is -2.44. The van der Waals surface area contributed by atoms with E-state index in [0.717, 1.165) is 5.56 Å². The van der Waals surface area contributed by atoms with Crippen molar-refractivity contribution >= 4 is 29.3 Å². The minimum Gasteiger partial charge on any atom is -0.481 e. The first kappa shape index (κ1) is 19.4. The van der Waals surface area contributed by atoms with Crippen molar-refractivity contribution in [3.05, 3.63) is 59.7 Å². The van der Waals surface area contributed by atoms with Crippen molar-refractivity contribution in [2.75, 3.05) is 23.7 Å². The third-order valence-corrected chi connectivity index (χ3v) is 4.83. The normalized spacial score (nSPS) is 16.3. The number of carboxylic acid groups (broad SMARTS) is 1. The van der Waals surface area contributed by atoms with Gasteiger partial charge in [-0.2, -0.15) is 0 Å². The maximum Gasteiger partial charge on any atom is 0.321 e. The molecular weight excluding hydrogens is 358 g/mol. The van der Waals surface area contributed by atoms with E-state index in [4.69, 9.17) is 0 Å². The molecule has 28 heavy (non-hydrogen) atoms. The van der Waals surface area contributed by atoms with Crippen molar-refractivity contribution < 1.29 is 19.5 Å². The van der Waals surface area contributed by atoms with Gasteiger partial charge >= 0.3 is 12.0 Å². The Morgan fingerprint density at radius 1 is 1.07 bits per heavy atom. The number of amides is 3. The van der Waals surface area contributed by atoms with Gasteiger partial charge in [0.15, 0.2) is 0 Å². The summed E-state index contributed by atoms with van der Waals surface area (Å²) in [5.74, 6) is -1.64. The minimum atomic E-state index is -0.876. The number of carbonyl (C=O) groups excluding carboxylic acids is 2. The predicted molar refractivity (Wildman–Crippen MR) is 107 cm³/mol. The van der Waals surface area contributed by atoms with Gasteiger partial charge in [0.05, 0.1) is 5.92 Å². The van der Waals surface area contributed by atoms with E-state index in [-0.39, 0.29) is 18.5 Å². The predicted octanol–water partition coefficient (Wildman–Crippen LogP) is 3.58. The van der Waals surface area contributed by atoms with Crippen LogP contribution in [0.2, 0.25) is 0 Å². The number of hydrogen-bond donors (Lipinski definition) is 3. The molecule has 1 heterocycles. The lowest BCUT2D eigenvalue weighted by Gasteiger charge is -2.31. The number of anilines is 2. The topological polar surface area (TPSA) is 98.7 Å². The van der Waals surface area contributed by atoms with Crippen LogP contribution in [0.25, 0.3) is 0 Å². The lowest BCUT2D eigenvalue weighted by atomic mass is 9.99. The quantitative estimate of drug-likeness (QED) is 0.754. The molecule has 0 bridgehead atoms. The summed E-state index contributed by atoms with van der Waals surface area (Å²) in [4.78, 5) is 37.6. The molecule has 7 heteroatoms. The van der Waals surface area contributed by atoms with E-state index >= 15 is 0 Å². The van der Waals surface area contributed by atoms with Gasteiger partial charge in [0.2, 0.25) is 0 Å². The Bertz CT molecular complexity index is 882. The number of benzene rings is 2. The molecule has 1 saturated heterocycles. The third kappa shape index (κ3) is 4.68. The second-order valence-corrected chi connectivity index (χ2v) is 6.90. The highest BCUT2D eigenvalue weighted by Crippen LogP contribution is 2.23. The second kappa shape index (κ2) is 8.56. The average Bonchev–Trinajstić information content (AvgIpc) is 2.71. The van der Waals surface area contributed by atoms with Crippen LogP contribution in [0.15, 0.2) is 48.5 Å². The summed E-state index contributed by atoms with van der Waals surface area (Å²) >= 11 is 0. The van der Waals surface area contributed by atoms with Crippen LogP contribution < -0.4 is 10.6 Å². The van der Waals surface area contributed by atoms with E-state index in [0.29, 0.717) is 36.3 Å². The van der Waals surface area contributed by atoms with Gasteiger partial charge in [0.1, 0.15) is 0 Å². The molecule has 7 nitrogen and oxygen atoms in total. The molecule has 0 aliphatic carbocycles. The first-order valence-corrected chi connectivity index (χ1v) is 9.20. The smallest absolute Gasteiger partial charge is 0.321 e. The number of nitrogens with zero attached hydrogens (tertiary/aromatic N) is 1. The summed E-state index contributed by atoms with van der Waals surface area (Å²) in [5.41, 5.74) is 2.53. The van der Waals surface area contributed by atoms with Gasteiger partial charge in [-0.3, -0.25) is 9.59 Å². The minimum absolute atomic E-state index is 0.199. The van der Waals surface area contributed by atoms with E-state index < -0.39 is 11.9 Å². The molecule has 2 aromatic carbocycles. The third-order valence-electron chi connectivity index (χ3n) is 4.83. The number of rotatable bonds is 4. The van der Waals surface area contributed by atoms with Crippen molar-refractivity contribution in [3.8, 4) is 0 Å². The van der Waals surface area contributed by atoms with Gasteiger partial charge in [-0.15, -0.1) is 0 Å². The zero-order chi connectivity index (χ0) is 20.1. The maximum atomic E-state index is 12.6. The van der Waals surface area contributed by atoms with E-state index in [1.165, 1.54) is 4.90 Å². The van der Waals surface area contributed by atoms with Gasteiger partial charge in [-0.05, 0) is 49.6 Å². The molecule has 1 fully saturated rings. The Kier molecular flexibility index (Phi) is 5.93.